The molecule has 1 aliphatic rings. The number of rotatable bonds is 4. The zero-order valence-corrected chi connectivity index (χ0v) is 8.90. The molecule has 15 heavy (non-hydrogen) atoms. The maximum absolute atomic E-state index is 11.5. The van der Waals surface area contributed by atoms with Gasteiger partial charge < -0.3 is 0 Å². The van der Waals surface area contributed by atoms with E-state index in [1.54, 1.807) is 13.8 Å². The molecule has 1 aromatic carbocycles. The molecule has 2 rings (SSSR count). The largest absolute Gasteiger partial charge is 0.299 e. The van der Waals surface area contributed by atoms with Crippen LogP contribution in [-0.4, -0.2) is 11.6 Å². The number of ketones is 1. The summed E-state index contributed by atoms with van der Waals surface area (Å²) in [5.74, 6) is -0.833. The lowest BCUT2D eigenvalue weighted by Gasteiger charge is -2.14. The van der Waals surface area contributed by atoms with E-state index >= 15 is 0 Å². The van der Waals surface area contributed by atoms with Gasteiger partial charge in [-0.25, -0.2) is 0 Å². The molecule has 3 nitrogen and oxygen atoms in total. The molecule has 0 aliphatic carbocycles. The van der Waals surface area contributed by atoms with Crippen molar-refractivity contribution in [2.45, 2.75) is 26.1 Å². The van der Waals surface area contributed by atoms with Crippen molar-refractivity contribution in [1.82, 2.24) is 0 Å². The van der Waals surface area contributed by atoms with E-state index in [9.17, 15) is 4.79 Å². The molecule has 1 heterocycles. The van der Waals surface area contributed by atoms with Gasteiger partial charge in [0.15, 0.2) is 0 Å². The number of hydrogen-bond acceptors (Lipinski definition) is 3. The Morgan fingerprint density at radius 1 is 1.33 bits per heavy atom. The van der Waals surface area contributed by atoms with E-state index in [1.165, 1.54) is 0 Å². The van der Waals surface area contributed by atoms with Gasteiger partial charge in [0.05, 0.1) is 5.92 Å². The van der Waals surface area contributed by atoms with Gasteiger partial charge in [0, 0.05) is 0 Å². The van der Waals surface area contributed by atoms with Gasteiger partial charge in [-0.2, -0.15) is 9.78 Å². The maximum Gasteiger partial charge on any atom is 0.241 e. The highest BCUT2D eigenvalue weighted by Crippen LogP contribution is 2.39. The molecular weight excluding hydrogens is 192 g/mol. The Bertz CT molecular complexity index is 354. The van der Waals surface area contributed by atoms with E-state index in [-0.39, 0.29) is 11.7 Å². The van der Waals surface area contributed by atoms with Crippen molar-refractivity contribution in [3.05, 3.63) is 35.9 Å². The topological polar surface area (TPSA) is 42.1 Å². The Morgan fingerprint density at radius 3 is 2.40 bits per heavy atom. The average Bonchev–Trinajstić information content (AvgIpc) is 2.95. The smallest absolute Gasteiger partial charge is 0.241 e. The first kappa shape index (κ1) is 10.3. The van der Waals surface area contributed by atoms with E-state index in [0.29, 0.717) is 6.42 Å². The molecule has 0 aromatic heterocycles. The van der Waals surface area contributed by atoms with Gasteiger partial charge in [-0.05, 0) is 25.8 Å². The van der Waals surface area contributed by atoms with Crippen LogP contribution in [0.3, 0.4) is 0 Å². The first-order chi connectivity index (χ1) is 7.12. The van der Waals surface area contributed by atoms with Crippen molar-refractivity contribution in [2.24, 2.45) is 5.92 Å². The maximum atomic E-state index is 11.5. The van der Waals surface area contributed by atoms with E-state index in [0.717, 1.165) is 5.56 Å². The summed E-state index contributed by atoms with van der Waals surface area (Å²) in [6.07, 6.45) is 0.659. The third-order valence-corrected chi connectivity index (χ3v) is 2.75. The van der Waals surface area contributed by atoms with Gasteiger partial charge in [-0.1, -0.05) is 30.3 Å². The fourth-order valence-electron chi connectivity index (χ4n) is 1.73. The van der Waals surface area contributed by atoms with Crippen LogP contribution < -0.4 is 0 Å². The van der Waals surface area contributed by atoms with Crippen LogP contribution in [-0.2, 0) is 21.0 Å². The number of hydrogen-bond donors (Lipinski definition) is 0. The van der Waals surface area contributed by atoms with E-state index in [1.807, 2.05) is 30.3 Å². The zero-order valence-electron chi connectivity index (χ0n) is 8.90. The van der Waals surface area contributed by atoms with Gasteiger partial charge in [0.25, 0.3) is 0 Å². The summed E-state index contributed by atoms with van der Waals surface area (Å²) in [6, 6.07) is 9.88. The molecule has 80 valence electrons. The Kier molecular flexibility index (Phi) is 2.59. The molecule has 0 saturated carbocycles. The summed E-state index contributed by atoms with van der Waals surface area (Å²) < 4.78 is 0. The summed E-state index contributed by atoms with van der Waals surface area (Å²) in [7, 11) is 0. The standard InChI is InChI=1S/C12H14O3/c1-9(13)11(12(2)14-15-12)8-10-6-4-3-5-7-10/h3-7,11H,8H2,1-2H3. The first-order valence-corrected chi connectivity index (χ1v) is 5.03. The van der Waals surface area contributed by atoms with Crippen molar-refractivity contribution in [3.8, 4) is 0 Å². The molecule has 1 aliphatic heterocycles. The van der Waals surface area contributed by atoms with Gasteiger partial charge in [0.2, 0.25) is 5.79 Å². The second kappa shape index (κ2) is 3.76. The molecular formula is C12H14O3. The molecule has 0 amide bonds. The van der Waals surface area contributed by atoms with Crippen LogP contribution in [0, 0.1) is 5.92 Å². The minimum Gasteiger partial charge on any atom is -0.299 e. The van der Waals surface area contributed by atoms with Crippen molar-refractivity contribution >= 4 is 5.78 Å². The van der Waals surface area contributed by atoms with Crippen molar-refractivity contribution in [3.63, 3.8) is 0 Å². The normalized spacial score (nSPS) is 19.6. The number of carbonyl (C=O) groups is 1. The van der Waals surface area contributed by atoms with Crippen LogP contribution in [0.4, 0.5) is 0 Å². The fourth-order valence-corrected chi connectivity index (χ4v) is 1.73. The third-order valence-electron chi connectivity index (χ3n) is 2.75. The van der Waals surface area contributed by atoms with Crippen LogP contribution in [0.1, 0.15) is 19.4 Å². The van der Waals surface area contributed by atoms with Crippen LogP contribution in [0.15, 0.2) is 30.3 Å². The van der Waals surface area contributed by atoms with Crippen molar-refractivity contribution in [2.75, 3.05) is 0 Å². The molecule has 0 N–H and O–H groups in total. The van der Waals surface area contributed by atoms with Crippen molar-refractivity contribution < 1.29 is 14.6 Å². The highest BCUT2D eigenvalue weighted by molar-refractivity contribution is 5.79. The highest BCUT2D eigenvalue weighted by atomic mass is 17.4. The minimum atomic E-state index is -0.707. The van der Waals surface area contributed by atoms with Crippen LogP contribution in [0.5, 0.6) is 0 Å². The van der Waals surface area contributed by atoms with Crippen molar-refractivity contribution in [1.29, 1.82) is 0 Å². The monoisotopic (exact) mass is 206 g/mol. The molecule has 1 atom stereocenters. The lowest BCUT2D eigenvalue weighted by atomic mass is 9.90. The lowest BCUT2D eigenvalue weighted by Crippen LogP contribution is -2.28. The van der Waals surface area contributed by atoms with Crippen LogP contribution >= 0.6 is 0 Å². The molecule has 0 bridgehead atoms. The summed E-state index contributed by atoms with van der Waals surface area (Å²) in [5, 5.41) is 0. The first-order valence-electron chi connectivity index (χ1n) is 5.03. The second-order valence-corrected chi connectivity index (χ2v) is 4.04. The van der Waals surface area contributed by atoms with E-state index < -0.39 is 5.79 Å². The number of Topliss-reactive ketones (excluding diaryl/α,β-unsaturated/α-hetero) is 1. The lowest BCUT2D eigenvalue weighted by molar-refractivity contribution is -0.122. The molecule has 0 radical (unpaired) electrons. The van der Waals surface area contributed by atoms with E-state index in [4.69, 9.17) is 9.78 Å². The van der Waals surface area contributed by atoms with Crippen LogP contribution in [0.2, 0.25) is 0 Å². The van der Waals surface area contributed by atoms with E-state index in [2.05, 4.69) is 0 Å². The second-order valence-electron chi connectivity index (χ2n) is 4.04. The quantitative estimate of drug-likeness (QED) is 0.559. The average molecular weight is 206 g/mol. The van der Waals surface area contributed by atoms with Gasteiger partial charge in [-0.3, -0.25) is 4.79 Å². The summed E-state index contributed by atoms with van der Waals surface area (Å²) in [5.41, 5.74) is 1.12. The molecule has 1 unspecified atom stereocenters. The molecule has 1 fully saturated rings. The summed E-state index contributed by atoms with van der Waals surface area (Å²) >= 11 is 0. The fraction of sp³-hybridized carbons (Fsp3) is 0.417. The Labute approximate surface area is 88.9 Å². The molecule has 3 heteroatoms. The predicted octanol–water partition coefficient (Wildman–Crippen LogP) is 2.11. The van der Waals surface area contributed by atoms with Crippen LogP contribution in [0.25, 0.3) is 0 Å². The molecule has 1 aromatic rings. The summed E-state index contributed by atoms with van der Waals surface area (Å²) in [4.78, 5) is 21.2. The highest BCUT2D eigenvalue weighted by Gasteiger charge is 2.53. The minimum absolute atomic E-state index is 0.0962. The summed E-state index contributed by atoms with van der Waals surface area (Å²) in [6.45, 7) is 3.37. The number of carbonyl (C=O) groups excluding carboxylic acids is 1. The zero-order chi connectivity index (χ0) is 10.9. The number of benzene rings is 1. The third kappa shape index (κ3) is 2.25. The van der Waals surface area contributed by atoms with Gasteiger partial charge >= 0.3 is 0 Å². The molecule has 1 saturated heterocycles. The van der Waals surface area contributed by atoms with Gasteiger partial charge in [-0.15, -0.1) is 0 Å². The SMILES string of the molecule is CC(=O)C(Cc1ccccc1)C1(C)OO1. The Morgan fingerprint density at radius 2 is 1.93 bits per heavy atom. The molecule has 0 spiro atoms. The Hall–Kier alpha value is -1.19. The predicted molar refractivity (Wildman–Crippen MR) is 54.9 cm³/mol. The Balaban J connectivity index is 2.11. The van der Waals surface area contributed by atoms with Gasteiger partial charge in [0.1, 0.15) is 5.78 Å².